The highest BCUT2D eigenvalue weighted by molar-refractivity contribution is 9.10. The molecule has 2 aromatic rings. The van der Waals surface area contributed by atoms with Crippen LogP contribution in [0.4, 0.5) is 0 Å². The summed E-state index contributed by atoms with van der Waals surface area (Å²) in [5, 5.41) is 12.2. The van der Waals surface area contributed by atoms with Gasteiger partial charge in [-0.2, -0.15) is 0 Å². The van der Waals surface area contributed by atoms with Crippen LogP contribution in [0.25, 0.3) is 11.0 Å². The number of hydrogen-bond acceptors (Lipinski definition) is 3. The van der Waals surface area contributed by atoms with Crippen LogP contribution in [0.15, 0.2) is 27.1 Å². The summed E-state index contributed by atoms with van der Waals surface area (Å²) in [4.78, 5) is 23.1. The smallest absolute Gasteiger partial charge is 0.328 e. The summed E-state index contributed by atoms with van der Waals surface area (Å²) < 4.78 is 6.41. The minimum absolute atomic E-state index is 0.0931. The first-order valence-corrected chi connectivity index (χ1v) is 6.75. The molecule has 0 spiro atoms. The molecular weight excluding hydrogens is 326 g/mol. The average Bonchev–Trinajstić information content (AvgIpc) is 2.72. The summed E-state index contributed by atoms with van der Waals surface area (Å²) in [5.74, 6) is -1.57. The highest BCUT2D eigenvalue weighted by atomic mass is 79.9. The normalized spacial score (nSPS) is 11.6. The Hall–Kier alpha value is -1.82. The molecule has 0 saturated carbocycles. The second-order valence-corrected chi connectivity index (χ2v) is 6.05. The van der Waals surface area contributed by atoms with Crippen molar-refractivity contribution in [1.82, 2.24) is 5.32 Å². The van der Waals surface area contributed by atoms with E-state index in [4.69, 9.17) is 9.52 Å². The number of aliphatic carboxylic acids is 1. The van der Waals surface area contributed by atoms with E-state index in [1.807, 2.05) is 19.1 Å². The highest BCUT2D eigenvalue weighted by Gasteiger charge is 2.30. The molecule has 0 saturated heterocycles. The molecule has 1 amide bonds. The van der Waals surface area contributed by atoms with Crippen molar-refractivity contribution >= 4 is 38.8 Å². The topological polar surface area (TPSA) is 79.5 Å². The van der Waals surface area contributed by atoms with Gasteiger partial charge in [-0.15, -0.1) is 0 Å². The number of carbonyl (C=O) groups excluding carboxylic acids is 1. The van der Waals surface area contributed by atoms with Crippen molar-refractivity contribution in [2.24, 2.45) is 0 Å². The monoisotopic (exact) mass is 339 g/mol. The van der Waals surface area contributed by atoms with E-state index in [2.05, 4.69) is 21.2 Å². The average molecular weight is 340 g/mol. The summed E-state index contributed by atoms with van der Waals surface area (Å²) in [5.41, 5.74) is 0.156. The minimum Gasteiger partial charge on any atom is -0.480 e. The number of carboxylic acids is 1. The predicted molar refractivity (Wildman–Crippen MR) is 77.8 cm³/mol. The van der Waals surface area contributed by atoms with Crippen molar-refractivity contribution in [3.05, 3.63) is 34.0 Å². The van der Waals surface area contributed by atoms with Crippen molar-refractivity contribution in [1.29, 1.82) is 0 Å². The third kappa shape index (κ3) is 2.70. The SMILES string of the molecule is Cc1cc(Br)cc2cc(C(=O)NC(C)(C)C(=O)O)oc12. The molecule has 6 heteroatoms. The van der Waals surface area contributed by atoms with Gasteiger partial charge in [0.25, 0.3) is 5.91 Å². The summed E-state index contributed by atoms with van der Waals surface area (Å²) in [6, 6.07) is 5.32. The molecule has 0 aliphatic carbocycles. The highest BCUT2D eigenvalue weighted by Crippen LogP contribution is 2.27. The van der Waals surface area contributed by atoms with Gasteiger partial charge < -0.3 is 14.8 Å². The van der Waals surface area contributed by atoms with Crippen LogP contribution in [0.3, 0.4) is 0 Å². The Balaban J connectivity index is 2.37. The zero-order chi connectivity index (χ0) is 15.1. The second kappa shape index (κ2) is 4.94. The van der Waals surface area contributed by atoms with Crippen LogP contribution in [-0.4, -0.2) is 22.5 Å². The fraction of sp³-hybridized carbons (Fsp3) is 0.286. The molecule has 1 aromatic heterocycles. The molecule has 2 rings (SSSR count). The Bertz CT molecular complexity index is 703. The van der Waals surface area contributed by atoms with E-state index in [0.29, 0.717) is 5.58 Å². The standard InChI is InChI=1S/C14H14BrNO4/c1-7-4-9(15)5-8-6-10(20-11(7)8)12(17)16-14(2,3)13(18)19/h4-6H,1-3H3,(H,16,17)(H,18,19). The minimum atomic E-state index is -1.36. The third-order valence-corrected chi connectivity index (χ3v) is 3.41. The number of nitrogens with one attached hydrogen (secondary N) is 1. The number of aryl methyl sites for hydroxylation is 1. The first-order chi connectivity index (χ1) is 9.20. The molecule has 0 aliphatic heterocycles. The van der Waals surface area contributed by atoms with Crippen molar-refractivity contribution < 1.29 is 19.1 Å². The quantitative estimate of drug-likeness (QED) is 0.900. The molecule has 0 bridgehead atoms. The Labute approximate surface area is 124 Å². The number of carboxylic acid groups (broad SMARTS) is 1. The zero-order valence-corrected chi connectivity index (χ0v) is 12.9. The molecule has 20 heavy (non-hydrogen) atoms. The molecule has 0 radical (unpaired) electrons. The zero-order valence-electron chi connectivity index (χ0n) is 11.3. The molecule has 0 fully saturated rings. The van der Waals surface area contributed by atoms with Gasteiger partial charge in [0, 0.05) is 9.86 Å². The number of amides is 1. The van der Waals surface area contributed by atoms with Gasteiger partial charge in [-0.25, -0.2) is 4.79 Å². The molecule has 2 N–H and O–H groups in total. The van der Waals surface area contributed by atoms with Crippen molar-refractivity contribution in [2.45, 2.75) is 26.3 Å². The Morgan fingerprint density at radius 1 is 1.30 bits per heavy atom. The molecule has 5 nitrogen and oxygen atoms in total. The summed E-state index contributed by atoms with van der Waals surface area (Å²) >= 11 is 3.38. The van der Waals surface area contributed by atoms with Crippen molar-refractivity contribution in [2.75, 3.05) is 0 Å². The lowest BCUT2D eigenvalue weighted by molar-refractivity contribution is -0.143. The van der Waals surface area contributed by atoms with Gasteiger partial charge in [0.15, 0.2) is 5.76 Å². The summed E-state index contributed by atoms with van der Waals surface area (Å²) in [6.45, 7) is 4.70. The number of hydrogen-bond donors (Lipinski definition) is 2. The van der Waals surface area contributed by atoms with Gasteiger partial charge in [-0.05, 0) is 44.5 Å². The fourth-order valence-electron chi connectivity index (χ4n) is 1.79. The first-order valence-electron chi connectivity index (χ1n) is 5.96. The molecule has 106 valence electrons. The van der Waals surface area contributed by atoms with E-state index in [9.17, 15) is 9.59 Å². The van der Waals surface area contributed by atoms with Crippen molar-refractivity contribution in [3.8, 4) is 0 Å². The maximum atomic E-state index is 12.1. The molecule has 0 unspecified atom stereocenters. The molecule has 1 heterocycles. The maximum Gasteiger partial charge on any atom is 0.328 e. The number of halogens is 1. The van der Waals surface area contributed by atoms with Gasteiger partial charge >= 0.3 is 5.97 Å². The number of fused-ring (bicyclic) bond motifs is 1. The van der Waals surface area contributed by atoms with Crippen LogP contribution in [0, 0.1) is 6.92 Å². The fourth-order valence-corrected chi connectivity index (χ4v) is 2.38. The molecule has 0 aliphatic rings. The summed E-state index contributed by atoms with van der Waals surface area (Å²) in [6.07, 6.45) is 0. The lowest BCUT2D eigenvalue weighted by atomic mass is 10.1. The molecule has 0 atom stereocenters. The van der Waals surface area contributed by atoms with E-state index in [-0.39, 0.29) is 5.76 Å². The van der Waals surface area contributed by atoms with E-state index in [1.165, 1.54) is 13.8 Å². The van der Waals surface area contributed by atoms with Gasteiger partial charge in [-0.1, -0.05) is 15.9 Å². The van der Waals surface area contributed by atoms with Crippen LogP contribution in [0.1, 0.15) is 30.0 Å². The number of rotatable bonds is 3. The van der Waals surface area contributed by atoms with E-state index < -0.39 is 17.4 Å². The van der Waals surface area contributed by atoms with Crippen LogP contribution in [-0.2, 0) is 4.79 Å². The lowest BCUT2D eigenvalue weighted by Gasteiger charge is -2.19. The van der Waals surface area contributed by atoms with Crippen LogP contribution >= 0.6 is 15.9 Å². The van der Waals surface area contributed by atoms with E-state index >= 15 is 0 Å². The van der Waals surface area contributed by atoms with E-state index in [0.717, 1.165) is 15.4 Å². The van der Waals surface area contributed by atoms with Crippen molar-refractivity contribution in [3.63, 3.8) is 0 Å². The van der Waals surface area contributed by atoms with Gasteiger partial charge in [-0.3, -0.25) is 4.79 Å². The Kier molecular flexibility index (Phi) is 3.60. The van der Waals surface area contributed by atoms with Crippen LogP contribution in [0.2, 0.25) is 0 Å². The predicted octanol–water partition coefficient (Wildman–Crippen LogP) is 3.10. The first kappa shape index (κ1) is 14.6. The number of carbonyl (C=O) groups is 2. The van der Waals surface area contributed by atoms with E-state index in [1.54, 1.807) is 6.07 Å². The Morgan fingerprint density at radius 3 is 2.55 bits per heavy atom. The van der Waals surface area contributed by atoms with Gasteiger partial charge in [0.05, 0.1) is 0 Å². The Morgan fingerprint density at radius 2 is 1.95 bits per heavy atom. The summed E-state index contributed by atoms with van der Waals surface area (Å²) in [7, 11) is 0. The van der Waals surface area contributed by atoms with Gasteiger partial charge in [0.1, 0.15) is 11.1 Å². The molecular formula is C14H14BrNO4. The number of benzene rings is 1. The number of furan rings is 1. The van der Waals surface area contributed by atoms with Gasteiger partial charge in [0.2, 0.25) is 0 Å². The third-order valence-electron chi connectivity index (χ3n) is 2.95. The van der Waals surface area contributed by atoms with Crippen LogP contribution < -0.4 is 5.32 Å². The second-order valence-electron chi connectivity index (χ2n) is 5.14. The largest absolute Gasteiger partial charge is 0.480 e. The van der Waals surface area contributed by atoms with Crippen LogP contribution in [0.5, 0.6) is 0 Å². The maximum absolute atomic E-state index is 12.1. The lowest BCUT2D eigenvalue weighted by Crippen LogP contribution is -2.49. The molecule has 1 aromatic carbocycles.